The quantitative estimate of drug-likeness (QED) is 0.727. The maximum atomic E-state index is 5.63. The zero-order valence-electron chi connectivity index (χ0n) is 10.3. The molecule has 0 aromatic rings. The lowest BCUT2D eigenvalue weighted by Crippen LogP contribution is -2.33. The van der Waals surface area contributed by atoms with Crippen LogP contribution in [0.15, 0.2) is 0 Å². The molecule has 3 atom stereocenters. The van der Waals surface area contributed by atoms with Gasteiger partial charge >= 0.3 is 0 Å². The van der Waals surface area contributed by atoms with Gasteiger partial charge in [0, 0.05) is 12.6 Å². The van der Waals surface area contributed by atoms with Crippen molar-refractivity contribution in [2.75, 3.05) is 25.2 Å². The van der Waals surface area contributed by atoms with Gasteiger partial charge in [-0.1, -0.05) is 6.92 Å². The summed E-state index contributed by atoms with van der Waals surface area (Å²) >= 11 is 1.93. The molecule has 0 radical (unpaired) electrons. The molecular weight excluding hydrogens is 206 g/mol. The molecule has 1 saturated heterocycles. The molecule has 0 aliphatic carbocycles. The summed E-state index contributed by atoms with van der Waals surface area (Å²) < 4.78 is 5.63. The maximum absolute atomic E-state index is 5.63. The Balaban J connectivity index is 2.04. The molecule has 1 fully saturated rings. The molecule has 0 saturated carbocycles. The second kappa shape index (κ2) is 7.53. The predicted molar refractivity (Wildman–Crippen MR) is 68.6 cm³/mol. The smallest absolute Gasteiger partial charge is 0.0590 e. The Morgan fingerprint density at radius 2 is 2.27 bits per heavy atom. The molecule has 1 aliphatic heterocycles. The first-order valence-corrected chi connectivity index (χ1v) is 7.45. The van der Waals surface area contributed by atoms with Crippen LogP contribution in [-0.2, 0) is 4.74 Å². The molecule has 1 aliphatic rings. The van der Waals surface area contributed by atoms with Crippen LogP contribution in [0.4, 0.5) is 0 Å². The number of nitrogens with one attached hydrogen (secondary N) is 1. The van der Waals surface area contributed by atoms with E-state index < -0.39 is 0 Å². The molecule has 1 N–H and O–H groups in total. The van der Waals surface area contributed by atoms with Crippen LogP contribution in [0.5, 0.6) is 0 Å². The summed E-state index contributed by atoms with van der Waals surface area (Å²) in [5.41, 5.74) is 0. The lowest BCUT2D eigenvalue weighted by Gasteiger charge is -2.19. The van der Waals surface area contributed by atoms with Crippen LogP contribution in [0.2, 0.25) is 0 Å². The highest BCUT2D eigenvalue weighted by molar-refractivity contribution is 7.98. The highest BCUT2D eigenvalue weighted by atomic mass is 32.2. The van der Waals surface area contributed by atoms with Gasteiger partial charge in [0.2, 0.25) is 0 Å². The van der Waals surface area contributed by atoms with Crippen molar-refractivity contribution in [1.29, 1.82) is 0 Å². The minimum atomic E-state index is 0.517. The molecule has 0 spiro atoms. The summed E-state index contributed by atoms with van der Waals surface area (Å²) in [5, 5.41) is 3.60. The van der Waals surface area contributed by atoms with Crippen LogP contribution in [0, 0.1) is 5.92 Å². The summed E-state index contributed by atoms with van der Waals surface area (Å²) in [5.74, 6) is 2.02. The first-order valence-electron chi connectivity index (χ1n) is 6.06. The highest BCUT2D eigenvalue weighted by Crippen LogP contribution is 2.16. The van der Waals surface area contributed by atoms with E-state index in [4.69, 9.17) is 4.74 Å². The largest absolute Gasteiger partial charge is 0.378 e. The number of hydrogen-bond acceptors (Lipinski definition) is 3. The maximum Gasteiger partial charge on any atom is 0.0590 e. The Bertz CT molecular complexity index is 160. The Labute approximate surface area is 98.5 Å². The Kier molecular flexibility index (Phi) is 6.69. The van der Waals surface area contributed by atoms with Gasteiger partial charge in [0.25, 0.3) is 0 Å². The summed E-state index contributed by atoms with van der Waals surface area (Å²) in [6, 6.07) is 0.595. The summed E-state index contributed by atoms with van der Waals surface area (Å²) in [6.07, 6.45) is 6.37. The van der Waals surface area contributed by atoms with E-state index >= 15 is 0 Å². The average molecular weight is 231 g/mol. The third kappa shape index (κ3) is 5.79. The summed E-state index contributed by atoms with van der Waals surface area (Å²) in [6.45, 7) is 6.69. The van der Waals surface area contributed by atoms with E-state index in [1.165, 1.54) is 25.0 Å². The van der Waals surface area contributed by atoms with Crippen molar-refractivity contribution in [3.8, 4) is 0 Å². The SMILES string of the molecule is CSCC(C)CNC(C)CC1CCCO1. The van der Waals surface area contributed by atoms with Crippen molar-refractivity contribution in [1.82, 2.24) is 5.32 Å². The molecule has 90 valence electrons. The van der Waals surface area contributed by atoms with E-state index in [0.717, 1.165) is 19.1 Å². The number of hydrogen-bond donors (Lipinski definition) is 1. The lowest BCUT2D eigenvalue weighted by molar-refractivity contribution is 0.0960. The monoisotopic (exact) mass is 231 g/mol. The molecule has 15 heavy (non-hydrogen) atoms. The standard InChI is InChI=1S/C12H25NOS/c1-10(9-15-3)8-13-11(2)7-12-5-4-6-14-12/h10-13H,4-9H2,1-3H3. The fourth-order valence-electron chi connectivity index (χ4n) is 2.05. The number of ether oxygens (including phenoxy) is 1. The number of thioether (sulfide) groups is 1. The van der Waals surface area contributed by atoms with Gasteiger partial charge in [0.05, 0.1) is 6.10 Å². The van der Waals surface area contributed by atoms with E-state index in [2.05, 4.69) is 25.4 Å². The van der Waals surface area contributed by atoms with Gasteiger partial charge in [-0.25, -0.2) is 0 Å². The van der Waals surface area contributed by atoms with Gasteiger partial charge in [-0.05, 0) is 50.7 Å². The highest BCUT2D eigenvalue weighted by Gasteiger charge is 2.18. The summed E-state index contributed by atoms with van der Waals surface area (Å²) in [4.78, 5) is 0. The lowest BCUT2D eigenvalue weighted by atomic mass is 10.1. The van der Waals surface area contributed by atoms with Gasteiger partial charge in [-0.15, -0.1) is 0 Å². The van der Waals surface area contributed by atoms with Crippen molar-refractivity contribution >= 4 is 11.8 Å². The van der Waals surface area contributed by atoms with Crippen LogP contribution < -0.4 is 5.32 Å². The van der Waals surface area contributed by atoms with Crippen LogP contribution >= 0.6 is 11.8 Å². The van der Waals surface area contributed by atoms with E-state index in [-0.39, 0.29) is 0 Å². The fourth-order valence-corrected chi connectivity index (χ4v) is 2.74. The van der Waals surface area contributed by atoms with E-state index in [1.807, 2.05) is 11.8 Å². The molecule has 1 heterocycles. The minimum absolute atomic E-state index is 0.517. The second-order valence-corrected chi connectivity index (χ2v) is 5.65. The molecule has 0 amide bonds. The average Bonchev–Trinajstić information content (AvgIpc) is 2.68. The zero-order chi connectivity index (χ0) is 11.1. The summed E-state index contributed by atoms with van der Waals surface area (Å²) in [7, 11) is 0. The molecule has 3 heteroatoms. The number of rotatable bonds is 7. The Morgan fingerprint density at radius 3 is 2.87 bits per heavy atom. The van der Waals surface area contributed by atoms with Crippen molar-refractivity contribution in [3.63, 3.8) is 0 Å². The third-order valence-electron chi connectivity index (χ3n) is 2.91. The van der Waals surface area contributed by atoms with Crippen molar-refractivity contribution in [2.45, 2.75) is 45.3 Å². The van der Waals surface area contributed by atoms with Gasteiger partial charge in [-0.3, -0.25) is 0 Å². The molecule has 0 aromatic heterocycles. The van der Waals surface area contributed by atoms with Crippen molar-refractivity contribution in [3.05, 3.63) is 0 Å². The molecule has 2 nitrogen and oxygen atoms in total. The molecule has 1 rings (SSSR count). The Morgan fingerprint density at radius 1 is 1.47 bits per heavy atom. The van der Waals surface area contributed by atoms with Gasteiger partial charge in [-0.2, -0.15) is 11.8 Å². The van der Waals surface area contributed by atoms with Crippen molar-refractivity contribution in [2.24, 2.45) is 5.92 Å². The van der Waals surface area contributed by atoms with Crippen molar-refractivity contribution < 1.29 is 4.74 Å². The molecule has 0 aromatic carbocycles. The molecular formula is C12H25NOS. The van der Waals surface area contributed by atoms with E-state index in [0.29, 0.717) is 12.1 Å². The van der Waals surface area contributed by atoms with Gasteiger partial charge in [0.15, 0.2) is 0 Å². The topological polar surface area (TPSA) is 21.3 Å². The van der Waals surface area contributed by atoms with Crippen LogP contribution in [0.25, 0.3) is 0 Å². The van der Waals surface area contributed by atoms with Crippen LogP contribution in [-0.4, -0.2) is 37.3 Å². The first kappa shape index (κ1) is 13.3. The molecule has 0 bridgehead atoms. The van der Waals surface area contributed by atoms with Gasteiger partial charge < -0.3 is 10.1 Å². The van der Waals surface area contributed by atoms with E-state index in [1.54, 1.807) is 0 Å². The first-order chi connectivity index (χ1) is 7.22. The third-order valence-corrected chi connectivity index (χ3v) is 3.81. The van der Waals surface area contributed by atoms with Crippen LogP contribution in [0.1, 0.15) is 33.1 Å². The predicted octanol–water partition coefficient (Wildman–Crippen LogP) is 2.53. The second-order valence-electron chi connectivity index (χ2n) is 4.74. The fraction of sp³-hybridized carbons (Fsp3) is 1.00. The van der Waals surface area contributed by atoms with E-state index in [9.17, 15) is 0 Å². The minimum Gasteiger partial charge on any atom is -0.378 e. The van der Waals surface area contributed by atoms with Gasteiger partial charge in [0.1, 0.15) is 0 Å². The van der Waals surface area contributed by atoms with Crippen LogP contribution in [0.3, 0.4) is 0 Å². The normalized spacial score (nSPS) is 25.4. The Hall–Kier alpha value is 0.270. The molecule has 3 unspecified atom stereocenters. The zero-order valence-corrected chi connectivity index (χ0v) is 11.1.